The smallest absolute Gasteiger partial charge is 0.338 e. The molecule has 2 rings (SSSR count). The van der Waals surface area contributed by atoms with Gasteiger partial charge in [-0.1, -0.05) is 18.2 Å². The van der Waals surface area contributed by atoms with Gasteiger partial charge in [0, 0.05) is 5.69 Å². The molecule has 0 atom stereocenters. The molecule has 2 aromatic rings. The zero-order valence-corrected chi connectivity index (χ0v) is 11.5. The Labute approximate surface area is 122 Å². The van der Waals surface area contributed by atoms with Crippen molar-refractivity contribution in [3.05, 3.63) is 64.7 Å². The Hall–Kier alpha value is -2.82. The average molecular weight is 285 g/mol. The van der Waals surface area contributed by atoms with Gasteiger partial charge in [-0.05, 0) is 42.3 Å². The number of nitrogen functional groups attached to an aromatic ring is 1. The Balaban J connectivity index is 2.00. The number of aryl methyl sites for hydroxylation is 1. The summed E-state index contributed by atoms with van der Waals surface area (Å²) in [6.45, 7) is 1.93. The molecule has 2 aromatic carbocycles. The quantitative estimate of drug-likeness (QED) is 0.665. The molecule has 0 amide bonds. The maximum Gasteiger partial charge on any atom is 0.338 e. The van der Waals surface area contributed by atoms with E-state index in [4.69, 9.17) is 15.6 Å². The highest BCUT2D eigenvalue weighted by Crippen LogP contribution is 2.14. The van der Waals surface area contributed by atoms with Crippen molar-refractivity contribution in [1.82, 2.24) is 0 Å². The molecule has 21 heavy (non-hydrogen) atoms. The molecule has 0 spiro atoms. The molecular formula is C16H15NO4. The van der Waals surface area contributed by atoms with Crippen LogP contribution < -0.4 is 5.73 Å². The number of carbonyl (C=O) groups excluding carboxylic acids is 1. The number of hydrogen-bond donors (Lipinski definition) is 2. The number of ether oxygens (including phenoxy) is 1. The van der Waals surface area contributed by atoms with Crippen LogP contribution >= 0.6 is 0 Å². The lowest BCUT2D eigenvalue weighted by atomic mass is 10.1. The standard InChI is InChI=1S/C16H15NO4/c1-10-2-5-13(8-14(10)17)16(20)21-9-11-3-6-12(7-4-11)15(18)19/h2-8H,9,17H2,1H3,(H,18,19). The number of hydrogen-bond acceptors (Lipinski definition) is 4. The van der Waals surface area contributed by atoms with Crippen molar-refractivity contribution < 1.29 is 19.4 Å². The highest BCUT2D eigenvalue weighted by atomic mass is 16.5. The van der Waals surface area contributed by atoms with Crippen molar-refractivity contribution in [1.29, 1.82) is 0 Å². The molecule has 0 bridgehead atoms. The van der Waals surface area contributed by atoms with Gasteiger partial charge in [-0.2, -0.15) is 0 Å². The Morgan fingerprint density at radius 1 is 1.10 bits per heavy atom. The van der Waals surface area contributed by atoms with E-state index in [0.29, 0.717) is 16.8 Å². The molecule has 5 heteroatoms. The SMILES string of the molecule is Cc1ccc(C(=O)OCc2ccc(C(=O)O)cc2)cc1N. The number of benzene rings is 2. The summed E-state index contributed by atoms with van der Waals surface area (Å²) in [6, 6.07) is 11.1. The van der Waals surface area contributed by atoms with Crippen molar-refractivity contribution in [3.63, 3.8) is 0 Å². The molecule has 0 heterocycles. The largest absolute Gasteiger partial charge is 0.478 e. The number of anilines is 1. The average Bonchev–Trinajstić information content (AvgIpc) is 2.48. The van der Waals surface area contributed by atoms with Gasteiger partial charge in [0.25, 0.3) is 0 Å². The van der Waals surface area contributed by atoms with Crippen LogP contribution in [-0.4, -0.2) is 17.0 Å². The van der Waals surface area contributed by atoms with Crippen LogP contribution in [0.2, 0.25) is 0 Å². The second kappa shape index (κ2) is 6.09. The van der Waals surface area contributed by atoms with Crippen LogP contribution in [0.15, 0.2) is 42.5 Å². The minimum atomic E-state index is -0.992. The molecular weight excluding hydrogens is 270 g/mol. The monoisotopic (exact) mass is 285 g/mol. The Morgan fingerprint density at radius 2 is 1.71 bits per heavy atom. The first kappa shape index (κ1) is 14.6. The Morgan fingerprint density at radius 3 is 2.29 bits per heavy atom. The van der Waals surface area contributed by atoms with Gasteiger partial charge in [0.1, 0.15) is 6.61 Å². The first-order chi connectivity index (χ1) is 9.97. The number of carboxylic acid groups (broad SMARTS) is 1. The highest BCUT2D eigenvalue weighted by molar-refractivity contribution is 5.90. The molecule has 0 unspecified atom stereocenters. The van der Waals surface area contributed by atoms with Crippen LogP contribution in [-0.2, 0) is 11.3 Å². The fourth-order valence-electron chi connectivity index (χ4n) is 1.74. The van der Waals surface area contributed by atoms with E-state index in [9.17, 15) is 9.59 Å². The summed E-state index contributed by atoms with van der Waals surface area (Å²) in [5.41, 5.74) is 8.48. The van der Waals surface area contributed by atoms with Crippen LogP contribution in [0.3, 0.4) is 0 Å². The summed E-state index contributed by atoms with van der Waals surface area (Å²) >= 11 is 0. The van der Waals surface area contributed by atoms with Crippen molar-refractivity contribution in [2.45, 2.75) is 13.5 Å². The molecule has 0 saturated carbocycles. The Kier molecular flexibility index (Phi) is 4.23. The van der Waals surface area contributed by atoms with Gasteiger partial charge in [-0.25, -0.2) is 9.59 Å². The summed E-state index contributed by atoms with van der Waals surface area (Å²) in [4.78, 5) is 22.6. The number of carboxylic acids is 1. The van der Waals surface area contributed by atoms with E-state index in [-0.39, 0.29) is 12.2 Å². The van der Waals surface area contributed by atoms with Crippen LogP contribution in [0.1, 0.15) is 31.8 Å². The molecule has 3 N–H and O–H groups in total. The lowest BCUT2D eigenvalue weighted by molar-refractivity contribution is 0.0472. The van der Waals surface area contributed by atoms with Crippen molar-refractivity contribution >= 4 is 17.6 Å². The molecule has 108 valence electrons. The molecule has 0 aliphatic rings. The van der Waals surface area contributed by atoms with Gasteiger partial charge < -0.3 is 15.6 Å². The van der Waals surface area contributed by atoms with Crippen LogP contribution in [0.4, 0.5) is 5.69 Å². The molecule has 0 radical (unpaired) electrons. The van der Waals surface area contributed by atoms with E-state index in [0.717, 1.165) is 5.56 Å². The van der Waals surface area contributed by atoms with E-state index in [1.165, 1.54) is 12.1 Å². The fourth-order valence-corrected chi connectivity index (χ4v) is 1.74. The maximum atomic E-state index is 11.9. The van der Waals surface area contributed by atoms with Gasteiger partial charge in [-0.3, -0.25) is 0 Å². The number of esters is 1. The Bertz CT molecular complexity index is 677. The summed E-state index contributed by atoms with van der Waals surface area (Å²) in [5.74, 6) is -1.46. The number of nitrogens with two attached hydrogens (primary N) is 1. The molecule has 0 aliphatic carbocycles. The summed E-state index contributed by atoms with van der Waals surface area (Å²) in [7, 11) is 0. The van der Waals surface area contributed by atoms with Crippen molar-refractivity contribution in [2.24, 2.45) is 0 Å². The second-order valence-electron chi connectivity index (χ2n) is 4.65. The maximum absolute atomic E-state index is 11.9. The highest BCUT2D eigenvalue weighted by Gasteiger charge is 2.09. The molecule has 0 fully saturated rings. The summed E-state index contributed by atoms with van der Waals surface area (Å²) in [5, 5.41) is 8.79. The molecule has 0 aromatic heterocycles. The third kappa shape index (κ3) is 3.60. The predicted octanol–water partition coefficient (Wildman–Crippen LogP) is 2.63. The van der Waals surface area contributed by atoms with Crippen LogP contribution in [0.5, 0.6) is 0 Å². The number of aromatic carboxylic acids is 1. The van der Waals surface area contributed by atoms with Gasteiger partial charge in [-0.15, -0.1) is 0 Å². The first-order valence-electron chi connectivity index (χ1n) is 6.33. The van der Waals surface area contributed by atoms with E-state index in [2.05, 4.69) is 0 Å². The number of carbonyl (C=O) groups is 2. The number of rotatable bonds is 4. The lowest BCUT2D eigenvalue weighted by Crippen LogP contribution is -2.06. The molecule has 0 saturated heterocycles. The van der Waals surface area contributed by atoms with Crippen molar-refractivity contribution in [2.75, 3.05) is 5.73 Å². The summed E-state index contributed by atoms with van der Waals surface area (Å²) < 4.78 is 5.17. The third-order valence-corrected chi connectivity index (χ3v) is 3.09. The van der Waals surface area contributed by atoms with Crippen LogP contribution in [0.25, 0.3) is 0 Å². The first-order valence-corrected chi connectivity index (χ1v) is 6.33. The molecule has 0 aliphatic heterocycles. The normalized spacial score (nSPS) is 10.1. The third-order valence-electron chi connectivity index (χ3n) is 3.09. The van der Waals surface area contributed by atoms with Crippen molar-refractivity contribution in [3.8, 4) is 0 Å². The van der Waals surface area contributed by atoms with E-state index < -0.39 is 11.9 Å². The predicted molar refractivity (Wildman–Crippen MR) is 78.1 cm³/mol. The topological polar surface area (TPSA) is 89.6 Å². The molecule has 5 nitrogen and oxygen atoms in total. The van der Waals surface area contributed by atoms with Crippen LogP contribution in [0, 0.1) is 6.92 Å². The van der Waals surface area contributed by atoms with E-state index in [1.54, 1.807) is 30.3 Å². The second-order valence-corrected chi connectivity index (χ2v) is 4.65. The van der Waals surface area contributed by atoms with Gasteiger partial charge in [0.15, 0.2) is 0 Å². The van der Waals surface area contributed by atoms with Gasteiger partial charge in [0.2, 0.25) is 0 Å². The lowest BCUT2D eigenvalue weighted by Gasteiger charge is -2.07. The summed E-state index contributed by atoms with van der Waals surface area (Å²) in [6.07, 6.45) is 0. The van der Waals surface area contributed by atoms with E-state index >= 15 is 0 Å². The fraction of sp³-hybridized carbons (Fsp3) is 0.125. The minimum Gasteiger partial charge on any atom is -0.478 e. The minimum absolute atomic E-state index is 0.0759. The van der Waals surface area contributed by atoms with Gasteiger partial charge in [0.05, 0.1) is 11.1 Å². The van der Waals surface area contributed by atoms with E-state index in [1.807, 2.05) is 6.92 Å². The zero-order valence-electron chi connectivity index (χ0n) is 11.5. The van der Waals surface area contributed by atoms with Gasteiger partial charge >= 0.3 is 11.9 Å². The zero-order chi connectivity index (χ0) is 15.4.